The molecule has 3 N–H and O–H groups in total. The Bertz CT molecular complexity index is 522. The second kappa shape index (κ2) is 7.33. The van der Waals surface area contributed by atoms with Gasteiger partial charge in [-0.15, -0.1) is 0 Å². The summed E-state index contributed by atoms with van der Waals surface area (Å²) in [5, 5.41) is 2.59. The summed E-state index contributed by atoms with van der Waals surface area (Å²) >= 11 is 0. The van der Waals surface area contributed by atoms with Crippen LogP contribution in [0.2, 0.25) is 0 Å². The van der Waals surface area contributed by atoms with Gasteiger partial charge in [-0.25, -0.2) is 0 Å². The summed E-state index contributed by atoms with van der Waals surface area (Å²) in [6.07, 6.45) is 2.24. The summed E-state index contributed by atoms with van der Waals surface area (Å²) in [7, 11) is 3.43. The number of aromatic nitrogens is 1. The number of carbonyl (C=O) groups is 2. The van der Waals surface area contributed by atoms with Crippen LogP contribution in [0.5, 0.6) is 0 Å². The quantitative estimate of drug-likeness (QED) is 0.742. The lowest BCUT2D eigenvalue weighted by molar-refractivity contribution is -0.139. The van der Waals surface area contributed by atoms with Crippen LogP contribution in [-0.2, 0) is 16.1 Å². The van der Waals surface area contributed by atoms with Crippen molar-refractivity contribution in [2.75, 3.05) is 27.2 Å². The number of likely N-dealkylation sites (N-methyl/N-ethyl adjacent to an activating group) is 2. The molecule has 2 amide bonds. The number of pyridine rings is 1. The fourth-order valence-corrected chi connectivity index (χ4v) is 2.71. The maximum atomic E-state index is 12.5. The Balaban J connectivity index is 1.94. The number of amides is 2. The first-order valence-corrected chi connectivity index (χ1v) is 7.36. The number of nitrogens with two attached hydrogens (primary N) is 1. The topological polar surface area (TPSA) is 91.6 Å². The highest BCUT2D eigenvalue weighted by Crippen LogP contribution is 2.17. The van der Waals surface area contributed by atoms with E-state index in [0.29, 0.717) is 19.5 Å². The van der Waals surface area contributed by atoms with Gasteiger partial charge in [-0.1, -0.05) is 6.07 Å². The van der Waals surface area contributed by atoms with Crippen LogP contribution in [0.4, 0.5) is 0 Å². The van der Waals surface area contributed by atoms with Gasteiger partial charge < -0.3 is 16.0 Å². The van der Waals surface area contributed by atoms with Gasteiger partial charge in [0.25, 0.3) is 0 Å². The van der Waals surface area contributed by atoms with Crippen molar-refractivity contribution in [2.45, 2.75) is 25.0 Å². The zero-order valence-electron chi connectivity index (χ0n) is 13.0. The third kappa shape index (κ3) is 4.02. The smallest absolute Gasteiger partial charge is 0.242 e. The average Bonchev–Trinajstić information content (AvgIpc) is 2.89. The maximum Gasteiger partial charge on any atom is 0.242 e. The molecular weight excluding hydrogens is 282 g/mol. The molecule has 2 heterocycles. The Morgan fingerprint density at radius 3 is 2.91 bits per heavy atom. The first-order chi connectivity index (χ1) is 10.5. The number of rotatable bonds is 5. The molecule has 2 rings (SSSR count). The van der Waals surface area contributed by atoms with Gasteiger partial charge in [0.15, 0.2) is 0 Å². The molecule has 1 aromatic rings. The molecule has 7 nitrogen and oxygen atoms in total. The minimum Gasteiger partial charge on any atom is -0.357 e. The largest absolute Gasteiger partial charge is 0.357 e. The summed E-state index contributed by atoms with van der Waals surface area (Å²) in [6.45, 7) is 1.24. The average molecular weight is 305 g/mol. The molecular formula is C15H23N5O2. The van der Waals surface area contributed by atoms with Gasteiger partial charge in [0.1, 0.15) is 6.04 Å². The predicted octanol–water partition coefficient (Wildman–Crippen LogP) is -0.812. The van der Waals surface area contributed by atoms with Crippen molar-refractivity contribution in [1.29, 1.82) is 0 Å². The van der Waals surface area contributed by atoms with Crippen molar-refractivity contribution in [1.82, 2.24) is 20.1 Å². The summed E-state index contributed by atoms with van der Waals surface area (Å²) < 4.78 is 0. The molecule has 0 aliphatic carbocycles. The summed E-state index contributed by atoms with van der Waals surface area (Å²) in [4.78, 5) is 32.0. The molecule has 1 saturated heterocycles. The summed E-state index contributed by atoms with van der Waals surface area (Å²) in [5.41, 5.74) is 6.80. The van der Waals surface area contributed by atoms with E-state index in [1.54, 1.807) is 18.1 Å². The van der Waals surface area contributed by atoms with E-state index in [1.165, 1.54) is 0 Å². The van der Waals surface area contributed by atoms with Crippen LogP contribution < -0.4 is 11.1 Å². The van der Waals surface area contributed by atoms with E-state index in [0.717, 1.165) is 5.69 Å². The van der Waals surface area contributed by atoms with Crippen LogP contribution in [0.15, 0.2) is 24.4 Å². The second-order valence-electron chi connectivity index (χ2n) is 5.67. The van der Waals surface area contributed by atoms with Crippen LogP contribution in [0, 0.1) is 0 Å². The molecule has 0 radical (unpaired) electrons. The van der Waals surface area contributed by atoms with Gasteiger partial charge in [-0.2, -0.15) is 0 Å². The molecule has 2 atom stereocenters. The Labute approximate surface area is 130 Å². The zero-order chi connectivity index (χ0) is 16.1. The Hall–Kier alpha value is -1.99. The number of likely N-dealkylation sites (tertiary alicyclic amines) is 1. The van der Waals surface area contributed by atoms with Crippen molar-refractivity contribution < 1.29 is 9.59 Å². The van der Waals surface area contributed by atoms with Crippen LogP contribution in [0.3, 0.4) is 0 Å². The van der Waals surface area contributed by atoms with E-state index in [9.17, 15) is 9.59 Å². The number of nitrogens with zero attached hydrogens (tertiary/aromatic N) is 3. The lowest BCUT2D eigenvalue weighted by Crippen LogP contribution is -2.48. The van der Waals surface area contributed by atoms with Gasteiger partial charge in [-0.3, -0.25) is 19.5 Å². The minimum atomic E-state index is -0.462. The molecule has 1 fully saturated rings. The highest BCUT2D eigenvalue weighted by molar-refractivity contribution is 5.89. The number of hydrogen-bond acceptors (Lipinski definition) is 5. The number of hydrogen-bond donors (Lipinski definition) is 2. The van der Waals surface area contributed by atoms with Crippen molar-refractivity contribution in [2.24, 2.45) is 5.73 Å². The van der Waals surface area contributed by atoms with Gasteiger partial charge >= 0.3 is 0 Å². The molecule has 0 unspecified atom stereocenters. The molecule has 1 aliphatic heterocycles. The van der Waals surface area contributed by atoms with E-state index in [-0.39, 0.29) is 24.4 Å². The molecule has 7 heteroatoms. The van der Waals surface area contributed by atoms with Gasteiger partial charge in [0.2, 0.25) is 11.8 Å². The fourth-order valence-electron chi connectivity index (χ4n) is 2.71. The molecule has 1 aromatic heterocycles. The molecule has 0 aromatic carbocycles. The molecule has 0 spiro atoms. The lowest BCUT2D eigenvalue weighted by Gasteiger charge is -2.25. The summed E-state index contributed by atoms with van der Waals surface area (Å²) in [5.74, 6) is -0.242. The number of carbonyl (C=O) groups excluding carboxylic acids is 2. The standard InChI is InChI=1S/C15H23N5O2/c1-17-15(22)13-7-11(16)8-20(13)14(21)10-19(2)9-12-5-3-4-6-18-12/h3-6,11,13H,7-10,16H2,1-2H3,(H,17,22)/t11-,13-/m0/s1. The van der Waals surface area contributed by atoms with Crippen molar-refractivity contribution in [3.63, 3.8) is 0 Å². The minimum absolute atomic E-state index is 0.0834. The fraction of sp³-hybridized carbons (Fsp3) is 0.533. The van der Waals surface area contributed by atoms with Crippen LogP contribution >= 0.6 is 0 Å². The van der Waals surface area contributed by atoms with Crippen molar-refractivity contribution >= 4 is 11.8 Å². The van der Waals surface area contributed by atoms with E-state index in [2.05, 4.69) is 10.3 Å². The third-order valence-corrected chi connectivity index (χ3v) is 3.77. The van der Waals surface area contributed by atoms with E-state index in [1.807, 2.05) is 30.1 Å². The maximum absolute atomic E-state index is 12.5. The second-order valence-corrected chi connectivity index (χ2v) is 5.67. The van der Waals surface area contributed by atoms with Crippen LogP contribution in [0.1, 0.15) is 12.1 Å². The first-order valence-electron chi connectivity index (χ1n) is 7.36. The highest BCUT2D eigenvalue weighted by atomic mass is 16.2. The Morgan fingerprint density at radius 1 is 1.50 bits per heavy atom. The Kier molecular flexibility index (Phi) is 5.46. The monoisotopic (exact) mass is 305 g/mol. The Morgan fingerprint density at radius 2 is 2.27 bits per heavy atom. The molecule has 1 aliphatic rings. The molecule has 0 saturated carbocycles. The van der Waals surface area contributed by atoms with E-state index < -0.39 is 6.04 Å². The lowest BCUT2D eigenvalue weighted by atomic mass is 10.1. The zero-order valence-corrected chi connectivity index (χ0v) is 13.0. The van der Waals surface area contributed by atoms with Gasteiger partial charge in [0.05, 0.1) is 12.2 Å². The number of nitrogens with one attached hydrogen (secondary N) is 1. The predicted molar refractivity (Wildman–Crippen MR) is 82.7 cm³/mol. The van der Waals surface area contributed by atoms with E-state index >= 15 is 0 Å². The van der Waals surface area contributed by atoms with Crippen LogP contribution in [0.25, 0.3) is 0 Å². The highest BCUT2D eigenvalue weighted by Gasteiger charge is 2.37. The van der Waals surface area contributed by atoms with Gasteiger partial charge in [-0.05, 0) is 25.6 Å². The van der Waals surface area contributed by atoms with E-state index in [4.69, 9.17) is 5.73 Å². The van der Waals surface area contributed by atoms with Gasteiger partial charge in [0, 0.05) is 32.4 Å². The normalized spacial score (nSPS) is 21.2. The molecule has 120 valence electrons. The van der Waals surface area contributed by atoms with Crippen molar-refractivity contribution in [3.05, 3.63) is 30.1 Å². The SMILES string of the molecule is CNC(=O)[C@@H]1C[C@H](N)CN1C(=O)CN(C)Cc1ccccn1. The summed E-state index contributed by atoms with van der Waals surface area (Å²) in [6, 6.07) is 5.08. The molecule has 0 bridgehead atoms. The third-order valence-electron chi connectivity index (χ3n) is 3.77. The first kappa shape index (κ1) is 16.4. The molecule has 22 heavy (non-hydrogen) atoms. The van der Waals surface area contributed by atoms with Crippen molar-refractivity contribution in [3.8, 4) is 0 Å². The van der Waals surface area contributed by atoms with Crippen LogP contribution in [-0.4, -0.2) is 65.9 Å².